The van der Waals surface area contributed by atoms with Gasteiger partial charge < -0.3 is 4.74 Å². The Bertz CT molecular complexity index is 386. The summed E-state index contributed by atoms with van der Waals surface area (Å²) in [6.07, 6.45) is 0. The molecule has 0 aromatic heterocycles. The van der Waals surface area contributed by atoms with E-state index in [0.717, 1.165) is 0 Å². The molecule has 0 spiro atoms. The van der Waals surface area contributed by atoms with Gasteiger partial charge in [-0.15, -0.1) is 3.89 Å². The van der Waals surface area contributed by atoms with Crippen LogP contribution in [0.15, 0.2) is 29.2 Å². The minimum absolute atomic E-state index is 0.0827. The Morgan fingerprint density at radius 1 is 1.38 bits per heavy atom. The summed E-state index contributed by atoms with van der Waals surface area (Å²) in [5.74, 6) is 0. The highest BCUT2D eigenvalue weighted by molar-refractivity contribution is 7.86. The lowest BCUT2D eigenvalue weighted by Gasteiger charge is -2.03. The molecule has 13 heavy (non-hydrogen) atoms. The molecule has 0 unspecified atom stereocenters. The summed E-state index contributed by atoms with van der Waals surface area (Å²) in [4.78, 5) is -0.322. The van der Waals surface area contributed by atoms with E-state index >= 15 is 0 Å². The highest BCUT2D eigenvalue weighted by atomic mass is 32.3. The molecule has 1 rings (SSSR count). The summed E-state index contributed by atoms with van der Waals surface area (Å²) < 4.78 is 38.6. The van der Waals surface area contributed by atoms with Crippen molar-refractivity contribution in [2.24, 2.45) is 0 Å². The van der Waals surface area contributed by atoms with Crippen molar-refractivity contribution in [2.45, 2.75) is 11.5 Å². The zero-order valence-corrected chi connectivity index (χ0v) is 7.84. The zero-order valence-electron chi connectivity index (χ0n) is 7.03. The van der Waals surface area contributed by atoms with Crippen LogP contribution in [0.2, 0.25) is 0 Å². The molecule has 0 N–H and O–H groups in total. The largest absolute Gasteiger partial charge is 0.380 e. The Morgan fingerprint density at radius 2 is 2.00 bits per heavy atom. The summed E-state index contributed by atoms with van der Waals surface area (Å²) in [5, 5.41) is 0. The van der Waals surface area contributed by atoms with Gasteiger partial charge in [-0.05, 0) is 11.6 Å². The van der Waals surface area contributed by atoms with Crippen LogP contribution in [0.3, 0.4) is 0 Å². The Kier molecular flexibility index (Phi) is 3.00. The van der Waals surface area contributed by atoms with Gasteiger partial charge in [0.25, 0.3) is 0 Å². The molecule has 3 nitrogen and oxygen atoms in total. The first-order valence-electron chi connectivity index (χ1n) is 3.57. The van der Waals surface area contributed by atoms with E-state index in [1.807, 2.05) is 0 Å². The number of ether oxygens (including phenoxy) is 1. The molecule has 0 aliphatic carbocycles. The third-order valence-corrected chi connectivity index (χ3v) is 2.46. The van der Waals surface area contributed by atoms with Crippen molar-refractivity contribution in [3.05, 3.63) is 29.8 Å². The van der Waals surface area contributed by atoms with Crippen LogP contribution in [-0.4, -0.2) is 15.5 Å². The predicted octanol–water partition coefficient (Wildman–Crippen LogP) is 1.49. The van der Waals surface area contributed by atoms with Gasteiger partial charge >= 0.3 is 10.2 Å². The van der Waals surface area contributed by atoms with E-state index in [2.05, 4.69) is 0 Å². The summed E-state index contributed by atoms with van der Waals surface area (Å²) in [5.41, 5.74) is 0.326. The molecule has 0 saturated heterocycles. The fourth-order valence-electron chi connectivity index (χ4n) is 1.02. The number of hydrogen-bond donors (Lipinski definition) is 0. The van der Waals surface area contributed by atoms with Crippen molar-refractivity contribution >= 4 is 10.2 Å². The molecule has 0 bridgehead atoms. The van der Waals surface area contributed by atoms with Gasteiger partial charge in [-0.25, -0.2) is 0 Å². The van der Waals surface area contributed by atoms with Crippen LogP contribution in [0.25, 0.3) is 0 Å². The topological polar surface area (TPSA) is 43.4 Å². The molecule has 0 fully saturated rings. The molecule has 0 aliphatic heterocycles. The fraction of sp³-hybridized carbons (Fsp3) is 0.250. The molecule has 72 valence electrons. The molecule has 5 heteroatoms. The lowest BCUT2D eigenvalue weighted by atomic mass is 10.2. The Morgan fingerprint density at radius 3 is 2.54 bits per heavy atom. The summed E-state index contributed by atoms with van der Waals surface area (Å²) in [6, 6.07) is 5.81. The highest BCUT2D eigenvalue weighted by Gasteiger charge is 2.15. The van der Waals surface area contributed by atoms with Gasteiger partial charge in [0, 0.05) is 7.11 Å². The van der Waals surface area contributed by atoms with E-state index < -0.39 is 10.2 Å². The highest BCUT2D eigenvalue weighted by Crippen LogP contribution is 2.17. The molecule has 0 radical (unpaired) electrons. The summed E-state index contributed by atoms with van der Waals surface area (Å²) in [6.45, 7) is 0.0827. The average molecular weight is 204 g/mol. The SMILES string of the molecule is COCc1ccccc1S(=O)(=O)F. The first kappa shape index (κ1) is 10.1. The van der Waals surface area contributed by atoms with Crippen molar-refractivity contribution < 1.29 is 17.0 Å². The number of hydrogen-bond acceptors (Lipinski definition) is 3. The third kappa shape index (κ3) is 2.50. The second-order valence-electron chi connectivity index (χ2n) is 2.48. The van der Waals surface area contributed by atoms with Crippen molar-refractivity contribution in [3.63, 3.8) is 0 Å². The van der Waals surface area contributed by atoms with E-state index in [1.165, 1.54) is 25.3 Å². The van der Waals surface area contributed by atoms with Gasteiger partial charge in [0.05, 0.1) is 6.61 Å². The average Bonchev–Trinajstić information content (AvgIpc) is 2.04. The van der Waals surface area contributed by atoms with Crippen molar-refractivity contribution in [3.8, 4) is 0 Å². The van der Waals surface area contributed by atoms with Crippen molar-refractivity contribution in [1.82, 2.24) is 0 Å². The monoisotopic (exact) mass is 204 g/mol. The molecule has 0 amide bonds. The maximum Gasteiger partial charge on any atom is 0.332 e. The standard InChI is InChI=1S/C8H9FO3S/c1-12-6-7-4-2-3-5-8(7)13(9,10)11/h2-5H,6H2,1H3. The molecule has 1 aromatic carbocycles. The Balaban J connectivity index is 3.20. The Hall–Kier alpha value is -0.940. The quantitative estimate of drug-likeness (QED) is 0.700. The second kappa shape index (κ2) is 3.85. The minimum Gasteiger partial charge on any atom is -0.380 e. The number of rotatable bonds is 3. The van der Waals surface area contributed by atoms with Crippen LogP contribution in [0.5, 0.6) is 0 Å². The predicted molar refractivity (Wildman–Crippen MR) is 45.4 cm³/mol. The van der Waals surface area contributed by atoms with E-state index in [9.17, 15) is 12.3 Å². The number of halogens is 1. The molecule has 0 aliphatic rings. The molecular weight excluding hydrogens is 195 g/mol. The lowest BCUT2D eigenvalue weighted by Crippen LogP contribution is -1.99. The van der Waals surface area contributed by atoms with Gasteiger partial charge in [0.1, 0.15) is 4.90 Å². The number of benzene rings is 1. The van der Waals surface area contributed by atoms with Crippen LogP contribution in [-0.2, 0) is 21.6 Å². The summed E-state index contributed by atoms with van der Waals surface area (Å²) >= 11 is 0. The molecule has 1 aromatic rings. The maximum absolute atomic E-state index is 12.6. The molecular formula is C8H9FO3S. The fourth-order valence-corrected chi connectivity index (χ4v) is 1.70. The van der Waals surface area contributed by atoms with Gasteiger partial charge in [0.15, 0.2) is 0 Å². The van der Waals surface area contributed by atoms with Gasteiger partial charge in [-0.1, -0.05) is 18.2 Å². The third-order valence-electron chi connectivity index (χ3n) is 1.54. The maximum atomic E-state index is 12.6. The van der Waals surface area contributed by atoms with Crippen LogP contribution in [0.4, 0.5) is 3.89 Å². The normalized spacial score (nSPS) is 11.5. The lowest BCUT2D eigenvalue weighted by molar-refractivity contribution is 0.182. The van der Waals surface area contributed by atoms with Gasteiger partial charge in [0.2, 0.25) is 0 Å². The van der Waals surface area contributed by atoms with Crippen LogP contribution in [0.1, 0.15) is 5.56 Å². The molecule has 0 saturated carbocycles. The van der Waals surface area contributed by atoms with E-state index in [0.29, 0.717) is 5.56 Å². The Labute approximate surface area is 76.4 Å². The molecule has 0 heterocycles. The first-order chi connectivity index (χ1) is 6.05. The minimum atomic E-state index is -4.64. The summed E-state index contributed by atoms with van der Waals surface area (Å²) in [7, 11) is -3.22. The van der Waals surface area contributed by atoms with Crippen molar-refractivity contribution in [1.29, 1.82) is 0 Å². The molecule has 0 atom stereocenters. The number of methoxy groups -OCH3 is 1. The van der Waals surface area contributed by atoms with E-state index in [-0.39, 0.29) is 11.5 Å². The van der Waals surface area contributed by atoms with Crippen LogP contribution < -0.4 is 0 Å². The van der Waals surface area contributed by atoms with Gasteiger partial charge in [-0.3, -0.25) is 0 Å². The van der Waals surface area contributed by atoms with E-state index in [1.54, 1.807) is 6.07 Å². The van der Waals surface area contributed by atoms with E-state index in [4.69, 9.17) is 4.74 Å². The zero-order chi connectivity index (χ0) is 9.90. The first-order valence-corrected chi connectivity index (χ1v) is 4.95. The van der Waals surface area contributed by atoms with Crippen LogP contribution >= 0.6 is 0 Å². The van der Waals surface area contributed by atoms with Gasteiger partial charge in [-0.2, -0.15) is 8.42 Å². The second-order valence-corrected chi connectivity index (χ2v) is 3.79. The van der Waals surface area contributed by atoms with Crippen molar-refractivity contribution in [2.75, 3.05) is 7.11 Å². The van der Waals surface area contributed by atoms with Crippen LogP contribution in [0, 0.1) is 0 Å². The smallest absolute Gasteiger partial charge is 0.332 e.